The molecule has 3 aromatic rings. The van der Waals surface area contributed by atoms with Gasteiger partial charge in [0, 0.05) is 12.6 Å². The predicted octanol–water partition coefficient (Wildman–Crippen LogP) is 4.44. The molecule has 0 aliphatic heterocycles. The summed E-state index contributed by atoms with van der Waals surface area (Å²) in [6.45, 7) is 1.43. The summed E-state index contributed by atoms with van der Waals surface area (Å²) in [6.07, 6.45) is 8.23. The van der Waals surface area contributed by atoms with Crippen LogP contribution in [0.25, 0.3) is 11.0 Å². The summed E-state index contributed by atoms with van der Waals surface area (Å²) in [5.41, 5.74) is 10.7. The number of halogens is 1. The number of nitrogens with two attached hydrogens (primary N) is 1. The Morgan fingerprint density at radius 1 is 1.04 bits per heavy atom. The van der Waals surface area contributed by atoms with Gasteiger partial charge in [0.2, 0.25) is 0 Å². The van der Waals surface area contributed by atoms with Crippen LogP contribution in [0.1, 0.15) is 43.2 Å². The van der Waals surface area contributed by atoms with Crippen LogP contribution in [0.4, 0.5) is 0 Å². The summed E-state index contributed by atoms with van der Waals surface area (Å²) in [5, 5.41) is 3.36. The highest BCUT2D eigenvalue weighted by Crippen LogP contribution is 2.17. The molecule has 0 radical (unpaired) electrons. The van der Waals surface area contributed by atoms with Gasteiger partial charge in [-0.3, -0.25) is 0 Å². The first-order valence-corrected chi connectivity index (χ1v) is 9.82. The Morgan fingerprint density at radius 2 is 1.75 bits per heavy atom. The van der Waals surface area contributed by atoms with Crippen molar-refractivity contribution in [3.05, 3.63) is 66.0 Å². The molecule has 0 unspecified atom stereocenters. The van der Waals surface area contributed by atoms with E-state index in [1.165, 1.54) is 43.2 Å². The fourth-order valence-corrected chi connectivity index (χ4v) is 3.76. The van der Waals surface area contributed by atoms with Crippen LogP contribution in [0.3, 0.4) is 0 Å². The zero-order valence-electron chi connectivity index (χ0n) is 16.1. The largest absolute Gasteiger partial charge is 0.370 e. The number of benzene rings is 2. The van der Waals surface area contributed by atoms with E-state index in [1.54, 1.807) is 0 Å². The molecule has 1 fully saturated rings. The Morgan fingerprint density at radius 3 is 2.54 bits per heavy atom. The van der Waals surface area contributed by atoms with Crippen molar-refractivity contribution < 1.29 is 0 Å². The summed E-state index contributed by atoms with van der Waals surface area (Å²) in [4.78, 5) is 8.96. The van der Waals surface area contributed by atoms with Crippen LogP contribution in [0.2, 0.25) is 0 Å². The van der Waals surface area contributed by atoms with Crippen LogP contribution in [0, 0.1) is 0 Å². The van der Waals surface area contributed by atoms with Crippen LogP contribution in [0.5, 0.6) is 0 Å². The fraction of sp³-hybridized carbons (Fsp3) is 0.364. The molecule has 6 heteroatoms. The third-order valence-corrected chi connectivity index (χ3v) is 5.29. The molecule has 3 N–H and O–H groups in total. The van der Waals surface area contributed by atoms with Crippen LogP contribution < -0.4 is 11.1 Å². The molecule has 2 aromatic carbocycles. The number of nitrogens with one attached hydrogen (secondary N) is 1. The lowest BCUT2D eigenvalue weighted by atomic mass is 9.96. The molecule has 148 valence electrons. The minimum atomic E-state index is 0. The number of aromatic nitrogens is 2. The monoisotopic (exact) mass is 489 g/mol. The molecule has 1 aliphatic rings. The molecule has 1 heterocycles. The molecule has 1 saturated carbocycles. The molecular weight excluding hydrogens is 461 g/mol. The molecule has 28 heavy (non-hydrogen) atoms. The molecule has 1 aromatic heterocycles. The van der Waals surface area contributed by atoms with E-state index in [9.17, 15) is 0 Å². The predicted molar refractivity (Wildman–Crippen MR) is 126 cm³/mol. The minimum Gasteiger partial charge on any atom is -0.370 e. The quantitative estimate of drug-likeness (QED) is 0.317. The SMILES string of the molecule is I.NC(=NCc1ccc(Cn2cnc3ccccc32)cc1)NC1CCCCC1. The first kappa shape index (κ1) is 20.6. The normalized spacial score (nSPS) is 15.4. The van der Waals surface area contributed by atoms with Gasteiger partial charge in [0.15, 0.2) is 5.96 Å². The van der Waals surface area contributed by atoms with E-state index in [-0.39, 0.29) is 24.0 Å². The van der Waals surface area contributed by atoms with Gasteiger partial charge in [0.25, 0.3) is 0 Å². The minimum absolute atomic E-state index is 0. The molecular formula is C22H28IN5. The number of aliphatic imine (C=N–C) groups is 1. The third kappa shape index (κ3) is 5.25. The van der Waals surface area contributed by atoms with Gasteiger partial charge < -0.3 is 15.6 Å². The highest BCUT2D eigenvalue weighted by molar-refractivity contribution is 14.0. The Bertz CT molecular complexity index is 910. The van der Waals surface area contributed by atoms with Crippen molar-refractivity contribution in [2.45, 2.75) is 51.2 Å². The van der Waals surface area contributed by atoms with Crippen molar-refractivity contribution in [1.29, 1.82) is 0 Å². The lowest BCUT2D eigenvalue weighted by Crippen LogP contribution is -2.41. The maximum absolute atomic E-state index is 6.05. The summed E-state index contributed by atoms with van der Waals surface area (Å²) in [5.74, 6) is 0.566. The highest BCUT2D eigenvalue weighted by Gasteiger charge is 2.13. The first-order chi connectivity index (χ1) is 13.3. The second kappa shape index (κ2) is 9.91. The zero-order valence-corrected chi connectivity index (χ0v) is 18.4. The fourth-order valence-electron chi connectivity index (χ4n) is 3.76. The van der Waals surface area contributed by atoms with Gasteiger partial charge in [0.05, 0.1) is 23.9 Å². The molecule has 0 amide bonds. The van der Waals surface area contributed by atoms with E-state index < -0.39 is 0 Å². The van der Waals surface area contributed by atoms with Crippen molar-refractivity contribution in [3.8, 4) is 0 Å². The maximum atomic E-state index is 6.05. The Hall–Kier alpha value is -2.09. The summed E-state index contributed by atoms with van der Waals surface area (Å²) < 4.78 is 2.18. The first-order valence-electron chi connectivity index (χ1n) is 9.82. The Labute approximate surface area is 183 Å². The van der Waals surface area contributed by atoms with E-state index in [0.717, 1.165) is 17.6 Å². The summed E-state index contributed by atoms with van der Waals surface area (Å²) >= 11 is 0. The van der Waals surface area contributed by atoms with Crippen molar-refractivity contribution in [1.82, 2.24) is 14.9 Å². The smallest absolute Gasteiger partial charge is 0.189 e. The topological polar surface area (TPSA) is 68.2 Å². The number of hydrogen-bond donors (Lipinski definition) is 2. The van der Waals surface area contributed by atoms with E-state index in [1.807, 2.05) is 24.5 Å². The molecule has 0 bridgehead atoms. The number of para-hydroxylation sites is 2. The second-order valence-electron chi connectivity index (χ2n) is 7.36. The van der Waals surface area contributed by atoms with Crippen molar-refractivity contribution in [2.75, 3.05) is 0 Å². The van der Waals surface area contributed by atoms with E-state index in [0.29, 0.717) is 18.5 Å². The number of nitrogens with zero attached hydrogens (tertiary/aromatic N) is 3. The molecule has 1 aliphatic carbocycles. The number of rotatable bonds is 5. The average Bonchev–Trinajstić information content (AvgIpc) is 3.11. The van der Waals surface area contributed by atoms with Gasteiger partial charge in [0.1, 0.15) is 0 Å². The number of guanidine groups is 1. The van der Waals surface area contributed by atoms with Crippen molar-refractivity contribution in [3.63, 3.8) is 0 Å². The second-order valence-corrected chi connectivity index (χ2v) is 7.36. The summed E-state index contributed by atoms with van der Waals surface area (Å²) in [7, 11) is 0. The van der Waals surface area contributed by atoms with Crippen LogP contribution in [0.15, 0.2) is 59.9 Å². The molecule has 4 rings (SSSR count). The van der Waals surface area contributed by atoms with Crippen LogP contribution in [-0.2, 0) is 13.1 Å². The van der Waals surface area contributed by atoms with Gasteiger partial charge >= 0.3 is 0 Å². The highest BCUT2D eigenvalue weighted by atomic mass is 127. The van der Waals surface area contributed by atoms with Crippen LogP contribution >= 0.6 is 24.0 Å². The lowest BCUT2D eigenvalue weighted by Gasteiger charge is -2.23. The molecule has 5 nitrogen and oxygen atoms in total. The third-order valence-electron chi connectivity index (χ3n) is 5.29. The Balaban J connectivity index is 0.00000225. The number of imidazole rings is 1. The standard InChI is InChI=1S/C22H27N5.HI/c23-22(26-19-6-2-1-3-7-19)24-14-17-10-12-18(13-11-17)15-27-16-25-20-8-4-5-9-21(20)27;/h4-5,8-13,16,19H,1-3,6-7,14-15H2,(H3,23,24,26);1H. The number of fused-ring (bicyclic) bond motifs is 1. The molecule has 0 spiro atoms. The van der Waals surface area contributed by atoms with Gasteiger partial charge in [-0.05, 0) is 36.1 Å². The van der Waals surface area contributed by atoms with Gasteiger partial charge in [-0.1, -0.05) is 55.7 Å². The Kier molecular flexibility index (Phi) is 7.30. The number of hydrogen-bond acceptors (Lipinski definition) is 2. The molecule has 0 saturated heterocycles. The average molecular weight is 489 g/mol. The maximum Gasteiger partial charge on any atom is 0.189 e. The van der Waals surface area contributed by atoms with Gasteiger partial charge in [-0.2, -0.15) is 0 Å². The zero-order chi connectivity index (χ0) is 18.5. The summed E-state index contributed by atoms with van der Waals surface area (Å²) in [6, 6.07) is 17.3. The van der Waals surface area contributed by atoms with Crippen molar-refractivity contribution in [2.24, 2.45) is 10.7 Å². The van der Waals surface area contributed by atoms with Crippen LogP contribution in [-0.4, -0.2) is 21.6 Å². The van der Waals surface area contributed by atoms with E-state index in [4.69, 9.17) is 5.73 Å². The van der Waals surface area contributed by atoms with E-state index in [2.05, 4.69) is 50.2 Å². The van der Waals surface area contributed by atoms with Gasteiger partial charge in [-0.15, -0.1) is 24.0 Å². The van der Waals surface area contributed by atoms with Gasteiger partial charge in [-0.25, -0.2) is 9.98 Å². The molecule has 0 atom stereocenters. The van der Waals surface area contributed by atoms with E-state index >= 15 is 0 Å². The van der Waals surface area contributed by atoms with Crippen molar-refractivity contribution >= 4 is 41.0 Å². The lowest BCUT2D eigenvalue weighted by molar-refractivity contribution is 0.412.